The SMILES string of the molecule is CN=C(NCc1cccc(OCC(F)F)c1)NCc1sc(C)nc1C. The quantitative estimate of drug-likeness (QED) is 0.582. The Balaban J connectivity index is 1.86. The maximum atomic E-state index is 12.2. The van der Waals surface area contributed by atoms with Crippen LogP contribution in [-0.2, 0) is 13.1 Å². The minimum atomic E-state index is -2.48. The molecule has 0 aliphatic carbocycles. The van der Waals surface area contributed by atoms with Gasteiger partial charge in [-0.25, -0.2) is 13.8 Å². The van der Waals surface area contributed by atoms with E-state index in [-0.39, 0.29) is 0 Å². The summed E-state index contributed by atoms with van der Waals surface area (Å²) < 4.78 is 29.5. The van der Waals surface area contributed by atoms with E-state index in [0.717, 1.165) is 16.3 Å². The molecule has 0 radical (unpaired) electrons. The Morgan fingerprint density at radius 2 is 2.04 bits per heavy atom. The Bertz CT molecular complexity index is 718. The molecule has 0 bridgehead atoms. The van der Waals surface area contributed by atoms with Crippen molar-refractivity contribution in [3.05, 3.63) is 45.4 Å². The van der Waals surface area contributed by atoms with E-state index in [1.165, 1.54) is 4.88 Å². The summed E-state index contributed by atoms with van der Waals surface area (Å²) in [5.74, 6) is 1.09. The maximum Gasteiger partial charge on any atom is 0.272 e. The number of rotatable bonds is 7. The summed E-state index contributed by atoms with van der Waals surface area (Å²) in [5.41, 5.74) is 1.94. The van der Waals surface area contributed by atoms with Crippen molar-refractivity contribution in [3.8, 4) is 5.75 Å². The molecule has 0 unspecified atom stereocenters. The van der Waals surface area contributed by atoms with Crippen LogP contribution in [0.2, 0.25) is 0 Å². The molecule has 0 fully saturated rings. The summed E-state index contributed by atoms with van der Waals surface area (Å²) in [6.45, 7) is 4.52. The zero-order valence-electron chi connectivity index (χ0n) is 14.5. The van der Waals surface area contributed by atoms with Crippen molar-refractivity contribution in [1.29, 1.82) is 0 Å². The average Bonchev–Trinajstić information content (AvgIpc) is 2.91. The number of nitrogens with zero attached hydrogens (tertiary/aromatic N) is 2. The van der Waals surface area contributed by atoms with Crippen LogP contribution >= 0.6 is 11.3 Å². The van der Waals surface area contributed by atoms with E-state index < -0.39 is 13.0 Å². The first kappa shape index (κ1) is 19.1. The lowest BCUT2D eigenvalue weighted by atomic mass is 10.2. The standard InChI is InChI=1S/C17H22F2N4OS/c1-11-15(25-12(2)23-11)9-22-17(20-3)21-8-13-5-4-6-14(7-13)24-10-16(18)19/h4-7,16H,8-10H2,1-3H3,(H2,20,21,22). The molecule has 136 valence electrons. The third-order valence-electron chi connectivity index (χ3n) is 3.37. The van der Waals surface area contributed by atoms with Gasteiger partial charge in [-0.3, -0.25) is 4.99 Å². The van der Waals surface area contributed by atoms with Crippen molar-refractivity contribution in [1.82, 2.24) is 15.6 Å². The predicted molar refractivity (Wildman–Crippen MR) is 96.6 cm³/mol. The summed E-state index contributed by atoms with van der Waals surface area (Å²) >= 11 is 1.66. The molecule has 25 heavy (non-hydrogen) atoms. The Labute approximate surface area is 150 Å². The summed E-state index contributed by atoms with van der Waals surface area (Å²) in [5, 5.41) is 7.48. The lowest BCUT2D eigenvalue weighted by molar-refractivity contribution is 0.0818. The topological polar surface area (TPSA) is 58.5 Å². The van der Waals surface area contributed by atoms with E-state index in [2.05, 4.69) is 20.6 Å². The van der Waals surface area contributed by atoms with Gasteiger partial charge < -0.3 is 15.4 Å². The number of ether oxygens (including phenoxy) is 1. The van der Waals surface area contributed by atoms with E-state index in [4.69, 9.17) is 4.74 Å². The molecule has 2 N–H and O–H groups in total. The first-order valence-corrected chi connectivity index (χ1v) is 8.67. The highest BCUT2D eigenvalue weighted by Crippen LogP contribution is 2.16. The number of aliphatic imine (C=N–C) groups is 1. The first-order valence-electron chi connectivity index (χ1n) is 7.85. The Morgan fingerprint density at radius 1 is 1.28 bits per heavy atom. The highest BCUT2D eigenvalue weighted by Gasteiger charge is 2.07. The van der Waals surface area contributed by atoms with E-state index in [9.17, 15) is 8.78 Å². The number of nitrogens with one attached hydrogen (secondary N) is 2. The van der Waals surface area contributed by atoms with E-state index >= 15 is 0 Å². The number of thiazole rings is 1. The van der Waals surface area contributed by atoms with E-state index in [1.54, 1.807) is 36.6 Å². The molecule has 2 aromatic rings. The number of alkyl halides is 2. The van der Waals surface area contributed by atoms with Crippen molar-refractivity contribution >= 4 is 17.3 Å². The van der Waals surface area contributed by atoms with Gasteiger partial charge in [0, 0.05) is 18.5 Å². The number of guanidine groups is 1. The number of aryl methyl sites for hydroxylation is 2. The van der Waals surface area contributed by atoms with Crippen LogP contribution in [-0.4, -0.2) is 31.0 Å². The number of benzene rings is 1. The van der Waals surface area contributed by atoms with Gasteiger partial charge in [0.05, 0.1) is 17.2 Å². The molecule has 1 aromatic carbocycles. The summed E-state index contributed by atoms with van der Waals surface area (Å²) in [6.07, 6.45) is -2.48. The van der Waals surface area contributed by atoms with Crippen LogP contribution in [0, 0.1) is 13.8 Å². The second kappa shape index (κ2) is 9.31. The predicted octanol–water partition coefficient (Wildman–Crippen LogP) is 3.27. The van der Waals surface area contributed by atoms with Gasteiger partial charge in [0.25, 0.3) is 6.43 Å². The first-order chi connectivity index (χ1) is 12.0. The molecular weight excluding hydrogens is 346 g/mol. The Hall–Kier alpha value is -2.22. The molecule has 0 aliphatic heterocycles. The fourth-order valence-electron chi connectivity index (χ4n) is 2.21. The van der Waals surface area contributed by atoms with Crippen LogP contribution in [0.1, 0.15) is 21.1 Å². The Kier molecular flexibility index (Phi) is 7.12. The number of hydrogen-bond donors (Lipinski definition) is 2. The largest absolute Gasteiger partial charge is 0.488 e. The van der Waals surface area contributed by atoms with Gasteiger partial charge >= 0.3 is 0 Å². The van der Waals surface area contributed by atoms with Crippen LogP contribution in [0.15, 0.2) is 29.3 Å². The fourth-order valence-corrected chi connectivity index (χ4v) is 3.09. The molecule has 0 aliphatic rings. The van der Waals surface area contributed by atoms with Gasteiger partial charge in [0.1, 0.15) is 12.4 Å². The molecule has 1 heterocycles. The molecule has 5 nitrogen and oxygen atoms in total. The maximum absolute atomic E-state index is 12.2. The van der Waals surface area contributed by atoms with E-state index in [0.29, 0.717) is 24.8 Å². The third-order valence-corrected chi connectivity index (χ3v) is 4.45. The van der Waals surface area contributed by atoms with Gasteiger partial charge in [-0.15, -0.1) is 11.3 Å². The molecule has 0 saturated carbocycles. The van der Waals surface area contributed by atoms with Crippen LogP contribution in [0.4, 0.5) is 8.78 Å². The molecule has 1 aromatic heterocycles. The van der Waals surface area contributed by atoms with E-state index in [1.807, 2.05) is 19.9 Å². The highest BCUT2D eigenvalue weighted by atomic mass is 32.1. The fraction of sp³-hybridized carbons (Fsp3) is 0.412. The minimum absolute atomic E-state index is 0.429. The molecule has 0 atom stereocenters. The monoisotopic (exact) mass is 368 g/mol. The lowest BCUT2D eigenvalue weighted by Crippen LogP contribution is -2.36. The molecule has 0 saturated heterocycles. The molecule has 0 amide bonds. The van der Waals surface area contributed by atoms with Crippen LogP contribution in [0.25, 0.3) is 0 Å². The van der Waals surface area contributed by atoms with Crippen molar-refractivity contribution in [2.24, 2.45) is 4.99 Å². The molecule has 0 spiro atoms. The average molecular weight is 368 g/mol. The van der Waals surface area contributed by atoms with Crippen LogP contribution in [0.3, 0.4) is 0 Å². The Morgan fingerprint density at radius 3 is 2.68 bits per heavy atom. The lowest BCUT2D eigenvalue weighted by Gasteiger charge is -2.12. The van der Waals surface area contributed by atoms with Gasteiger partial charge in [0.15, 0.2) is 5.96 Å². The van der Waals surface area contributed by atoms with Gasteiger partial charge in [-0.05, 0) is 31.5 Å². The molecule has 2 rings (SSSR count). The summed E-state index contributed by atoms with van der Waals surface area (Å²) in [4.78, 5) is 9.75. The van der Waals surface area contributed by atoms with Gasteiger partial charge in [0.2, 0.25) is 0 Å². The zero-order valence-corrected chi connectivity index (χ0v) is 15.3. The summed E-state index contributed by atoms with van der Waals surface area (Å²) in [6, 6.07) is 7.07. The summed E-state index contributed by atoms with van der Waals surface area (Å²) in [7, 11) is 1.70. The van der Waals surface area contributed by atoms with Crippen LogP contribution < -0.4 is 15.4 Å². The zero-order chi connectivity index (χ0) is 18.2. The normalized spacial score (nSPS) is 11.7. The van der Waals surface area contributed by atoms with Crippen molar-refractivity contribution < 1.29 is 13.5 Å². The molecular formula is C17H22F2N4OS. The number of aromatic nitrogens is 1. The van der Waals surface area contributed by atoms with Crippen molar-refractivity contribution in [2.75, 3.05) is 13.7 Å². The third kappa shape index (κ3) is 6.30. The smallest absolute Gasteiger partial charge is 0.272 e. The van der Waals surface area contributed by atoms with Gasteiger partial charge in [-0.2, -0.15) is 0 Å². The second-order valence-corrected chi connectivity index (χ2v) is 6.66. The van der Waals surface area contributed by atoms with Gasteiger partial charge in [-0.1, -0.05) is 12.1 Å². The van der Waals surface area contributed by atoms with Crippen LogP contribution in [0.5, 0.6) is 5.75 Å². The number of hydrogen-bond acceptors (Lipinski definition) is 4. The van der Waals surface area contributed by atoms with Crippen molar-refractivity contribution in [2.45, 2.75) is 33.4 Å². The van der Waals surface area contributed by atoms with Crippen molar-refractivity contribution in [3.63, 3.8) is 0 Å². The highest BCUT2D eigenvalue weighted by molar-refractivity contribution is 7.11. The molecule has 8 heteroatoms. The minimum Gasteiger partial charge on any atom is -0.488 e. The number of halogens is 2. The second-order valence-electron chi connectivity index (χ2n) is 5.37.